The Morgan fingerprint density at radius 3 is 2.50 bits per heavy atom. The van der Waals surface area contributed by atoms with Crippen molar-refractivity contribution in [3.63, 3.8) is 0 Å². The molecule has 0 aliphatic rings. The van der Waals surface area contributed by atoms with Crippen LogP contribution in [0.1, 0.15) is 5.56 Å². The molecule has 1 aromatic carbocycles. The van der Waals surface area contributed by atoms with Gasteiger partial charge in [-0.15, -0.1) is 0 Å². The second-order valence-electron chi connectivity index (χ2n) is 2.36. The Morgan fingerprint density at radius 2 is 1.83 bits per heavy atom. The van der Waals surface area contributed by atoms with Gasteiger partial charge in [0.05, 0.1) is 6.61 Å². The summed E-state index contributed by atoms with van der Waals surface area (Å²) < 4.78 is 10.1. The third-order valence-corrected chi connectivity index (χ3v) is 1.42. The predicted octanol–water partition coefficient (Wildman–Crippen LogP) is 2.01. The van der Waals surface area contributed by atoms with Gasteiger partial charge in [-0.05, 0) is 12.5 Å². The van der Waals surface area contributed by atoms with Crippen molar-refractivity contribution in [2.24, 2.45) is 0 Å². The van der Waals surface area contributed by atoms with E-state index in [-0.39, 0.29) is 0 Å². The molecule has 0 aliphatic heterocycles. The van der Waals surface area contributed by atoms with Crippen LogP contribution in [-0.4, -0.2) is 13.4 Å². The summed E-state index contributed by atoms with van der Waals surface area (Å²) in [5.41, 5.74) is 1.16. The van der Waals surface area contributed by atoms with Crippen molar-refractivity contribution in [2.45, 2.75) is 6.61 Å². The molecular formula is C10H13O2. The molecule has 0 bridgehead atoms. The van der Waals surface area contributed by atoms with E-state index < -0.39 is 0 Å². The first kappa shape index (κ1) is 9.23. The highest BCUT2D eigenvalue weighted by molar-refractivity contribution is 5.13. The van der Waals surface area contributed by atoms with Crippen molar-refractivity contribution in [3.05, 3.63) is 42.8 Å². The molecule has 0 aromatic heterocycles. The maximum Gasteiger partial charge on any atom is 0.147 e. The maximum atomic E-state index is 5.20. The van der Waals surface area contributed by atoms with Crippen LogP contribution < -0.4 is 0 Å². The van der Waals surface area contributed by atoms with E-state index in [0.29, 0.717) is 20.0 Å². The molecule has 0 fully saturated rings. The average Bonchev–Trinajstić information content (AvgIpc) is 2.14. The minimum atomic E-state index is 0.318. The van der Waals surface area contributed by atoms with Crippen molar-refractivity contribution in [1.82, 2.24) is 0 Å². The Kier molecular flexibility index (Phi) is 4.42. The minimum absolute atomic E-state index is 0.318. The van der Waals surface area contributed by atoms with Crippen LogP contribution in [-0.2, 0) is 16.1 Å². The molecule has 1 aromatic rings. The van der Waals surface area contributed by atoms with Gasteiger partial charge in [0.15, 0.2) is 0 Å². The van der Waals surface area contributed by atoms with Crippen LogP contribution >= 0.6 is 0 Å². The van der Waals surface area contributed by atoms with E-state index in [1.165, 1.54) is 0 Å². The fourth-order valence-corrected chi connectivity index (χ4v) is 0.852. The highest BCUT2D eigenvalue weighted by atomic mass is 16.7. The summed E-state index contributed by atoms with van der Waals surface area (Å²) in [6.45, 7) is 4.90. The van der Waals surface area contributed by atoms with Gasteiger partial charge >= 0.3 is 0 Å². The lowest BCUT2D eigenvalue weighted by atomic mass is 10.2. The lowest BCUT2D eigenvalue weighted by molar-refractivity contribution is -0.0525. The molecule has 0 saturated carbocycles. The van der Waals surface area contributed by atoms with Gasteiger partial charge in [-0.2, -0.15) is 0 Å². The summed E-state index contributed by atoms with van der Waals surface area (Å²) in [5.74, 6) is 0. The van der Waals surface area contributed by atoms with Crippen LogP contribution in [0, 0.1) is 6.92 Å². The van der Waals surface area contributed by atoms with Crippen molar-refractivity contribution in [1.29, 1.82) is 0 Å². The van der Waals surface area contributed by atoms with Gasteiger partial charge in [-0.1, -0.05) is 30.3 Å². The maximum absolute atomic E-state index is 5.20. The first-order valence-corrected chi connectivity index (χ1v) is 3.92. The molecule has 0 unspecified atom stereocenters. The normalized spacial score (nSPS) is 10.1. The highest BCUT2D eigenvalue weighted by Crippen LogP contribution is 1.99. The van der Waals surface area contributed by atoms with Crippen molar-refractivity contribution in [2.75, 3.05) is 13.4 Å². The SMILES string of the molecule is [CH2]COCOCc1ccccc1. The van der Waals surface area contributed by atoms with Crippen molar-refractivity contribution >= 4 is 0 Å². The van der Waals surface area contributed by atoms with Crippen LogP contribution in [0.25, 0.3) is 0 Å². The molecule has 0 N–H and O–H groups in total. The van der Waals surface area contributed by atoms with Gasteiger partial charge < -0.3 is 9.47 Å². The number of ether oxygens (including phenoxy) is 2. The number of benzene rings is 1. The van der Waals surface area contributed by atoms with Gasteiger partial charge in [-0.3, -0.25) is 0 Å². The van der Waals surface area contributed by atoms with Crippen LogP contribution in [0.15, 0.2) is 30.3 Å². The minimum Gasteiger partial charge on any atom is -0.355 e. The smallest absolute Gasteiger partial charge is 0.147 e. The van der Waals surface area contributed by atoms with E-state index in [4.69, 9.17) is 9.47 Å². The topological polar surface area (TPSA) is 18.5 Å². The molecule has 0 spiro atoms. The van der Waals surface area contributed by atoms with Crippen LogP contribution in [0.2, 0.25) is 0 Å². The fourth-order valence-electron chi connectivity index (χ4n) is 0.852. The second-order valence-corrected chi connectivity index (χ2v) is 2.36. The van der Waals surface area contributed by atoms with E-state index in [1.807, 2.05) is 30.3 Å². The Hall–Kier alpha value is -0.860. The fraction of sp³-hybridized carbons (Fsp3) is 0.300. The van der Waals surface area contributed by atoms with Gasteiger partial charge in [0.25, 0.3) is 0 Å². The van der Waals surface area contributed by atoms with E-state index >= 15 is 0 Å². The summed E-state index contributed by atoms with van der Waals surface area (Å²) in [4.78, 5) is 0. The summed E-state index contributed by atoms with van der Waals surface area (Å²) in [5, 5.41) is 0. The van der Waals surface area contributed by atoms with E-state index in [2.05, 4.69) is 6.92 Å². The third kappa shape index (κ3) is 3.51. The zero-order chi connectivity index (χ0) is 8.65. The Bertz CT molecular complexity index is 196. The second kappa shape index (κ2) is 5.75. The average molecular weight is 165 g/mol. The Balaban J connectivity index is 2.16. The molecule has 12 heavy (non-hydrogen) atoms. The number of hydrogen-bond donors (Lipinski definition) is 0. The lowest BCUT2D eigenvalue weighted by Crippen LogP contribution is -1.99. The molecular weight excluding hydrogens is 152 g/mol. The van der Waals surface area contributed by atoms with Crippen LogP contribution in [0.5, 0.6) is 0 Å². The summed E-state index contributed by atoms with van der Waals surface area (Å²) >= 11 is 0. The molecule has 0 amide bonds. The monoisotopic (exact) mass is 165 g/mol. The van der Waals surface area contributed by atoms with Crippen LogP contribution in [0.3, 0.4) is 0 Å². The highest BCUT2D eigenvalue weighted by Gasteiger charge is 1.89. The largest absolute Gasteiger partial charge is 0.355 e. The third-order valence-electron chi connectivity index (χ3n) is 1.42. The first-order valence-electron chi connectivity index (χ1n) is 3.92. The van der Waals surface area contributed by atoms with Gasteiger partial charge in [0.2, 0.25) is 0 Å². The van der Waals surface area contributed by atoms with E-state index in [1.54, 1.807) is 0 Å². The number of rotatable bonds is 5. The summed E-state index contributed by atoms with van der Waals surface area (Å²) in [7, 11) is 0. The quantitative estimate of drug-likeness (QED) is 0.491. The van der Waals surface area contributed by atoms with Gasteiger partial charge in [0, 0.05) is 6.61 Å². The number of hydrogen-bond acceptors (Lipinski definition) is 2. The summed E-state index contributed by atoms with van der Waals surface area (Å²) in [6.07, 6.45) is 0. The lowest BCUT2D eigenvalue weighted by Gasteiger charge is -2.03. The molecule has 0 aliphatic carbocycles. The molecule has 0 atom stereocenters. The van der Waals surface area contributed by atoms with Crippen molar-refractivity contribution < 1.29 is 9.47 Å². The van der Waals surface area contributed by atoms with Gasteiger partial charge in [-0.25, -0.2) is 0 Å². The molecule has 0 saturated heterocycles. The Morgan fingerprint density at radius 1 is 1.08 bits per heavy atom. The van der Waals surface area contributed by atoms with E-state index in [9.17, 15) is 0 Å². The zero-order valence-corrected chi connectivity index (χ0v) is 7.03. The van der Waals surface area contributed by atoms with Crippen LogP contribution in [0.4, 0.5) is 0 Å². The first-order chi connectivity index (χ1) is 5.93. The Labute approximate surface area is 73.1 Å². The van der Waals surface area contributed by atoms with E-state index in [0.717, 1.165) is 5.56 Å². The zero-order valence-electron chi connectivity index (χ0n) is 7.03. The molecule has 2 nitrogen and oxygen atoms in total. The molecule has 1 rings (SSSR count). The molecule has 0 heterocycles. The van der Waals surface area contributed by atoms with Crippen molar-refractivity contribution in [3.8, 4) is 0 Å². The predicted molar refractivity (Wildman–Crippen MR) is 47.4 cm³/mol. The standard InChI is InChI=1S/C10H13O2/c1-2-11-9-12-8-10-6-4-3-5-7-10/h3-7H,1-2,8-9H2. The van der Waals surface area contributed by atoms with Gasteiger partial charge in [0.1, 0.15) is 6.79 Å². The summed E-state index contributed by atoms with van der Waals surface area (Å²) in [6, 6.07) is 9.99. The molecule has 1 radical (unpaired) electrons. The molecule has 65 valence electrons. The molecule has 2 heteroatoms.